The van der Waals surface area contributed by atoms with Crippen LogP contribution in [0.3, 0.4) is 0 Å². The quantitative estimate of drug-likeness (QED) is 0.461. The van der Waals surface area contributed by atoms with Gasteiger partial charge in [-0.05, 0) is 53.8 Å². The van der Waals surface area contributed by atoms with E-state index in [1.165, 1.54) is 11.6 Å². The molecule has 1 aliphatic heterocycles. The highest BCUT2D eigenvalue weighted by Crippen LogP contribution is 2.39. The number of aromatic nitrogens is 1. The molecule has 4 aromatic rings. The standard InChI is InChI=1S/C27H25FN2O2/c1-32-20-12-13-24-22(17-20)21-15-16-30(25(31)14-11-18-7-5-6-10-23(18)28)27(26(21)29-24)19-8-3-2-4-9-19/h2-10,12-13,17,27,29H,11,14-16H2,1H3. The predicted octanol–water partition coefficient (Wildman–Crippen LogP) is 5.42. The topological polar surface area (TPSA) is 45.3 Å². The molecular weight excluding hydrogens is 403 g/mol. The van der Waals surface area contributed by atoms with Gasteiger partial charge in [-0.1, -0.05) is 48.5 Å². The van der Waals surface area contributed by atoms with Crippen molar-refractivity contribution in [2.24, 2.45) is 0 Å². The van der Waals surface area contributed by atoms with Crippen LogP contribution in [0.4, 0.5) is 4.39 Å². The van der Waals surface area contributed by atoms with Gasteiger partial charge in [-0.2, -0.15) is 0 Å². The molecule has 0 aliphatic carbocycles. The molecule has 0 bridgehead atoms. The largest absolute Gasteiger partial charge is 0.497 e. The number of hydrogen-bond acceptors (Lipinski definition) is 2. The molecule has 5 rings (SSSR count). The second-order valence-electron chi connectivity index (χ2n) is 8.17. The molecule has 1 atom stereocenters. The van der Waals surface area contributed by atoms with Crippen LogP contribution in [0.2, 0.25) is 0 Å². The Morgan fingerprint density at radius 2 is 1.88 bits per heavy atom. The van der Waals surface area contributed by atoms with Crippen molar-refractivity contribution in [3.63, 3.8) is 0 Å². The zero-order valence-electron chi connectivity index (χ0n) is 18.0. The van der Waals surface area contributed by atoms with Gasteiger partial charge in [0.1, 0.15) is 11.6 Å². The van der Waals surface area contributed by atoms with Crippen LogP contribution in [0, 0.1) is 5.82 Å². The van der Waals surface area contributed by atoms with E-state index in [9.17, 15) is 9.18 Å². The predicted molar refractivity (Wildman–Crippen MR) is 123 cm³/mol. The van der Waals surface area contributed by atoms with E-state index in [1.54, 1.807) is 19.2 Å². The van der Waals surface area contributed by atoms with E-state index < -0.39 is 0 Å². The molecule has 32 heavy (non-hydrogen) atoms. The Morgan fingerprint density at radius 3 is 2.66 bits per heavy atom. The molecule has 162 valence electrons. The Balaban J connectivity index is 1.51. The number of amides is 1. The third-order valence-electron chi connectivity index (χ3n) is 6.34. The lowest BCUT2D eigenvalue weighted by atomic mass is 9.92. The van der Waals surface area contributed by atoms with Gasteiger partial charge in [0.05, 0.1) is 13.2 Å². The average Bonchev–Trinajstić information content (AvgIpc) is 3.21. The van der Waals surface area contributed by atoms with Crippen molar-refractivity contribution < 1.29 is 13.9 Å². The molecule has 0 saturated carbocycles. The van der Waals surface area contributed by atoms with Crippen molar-refractivity contribution in [3.05, 3.63) is 101 Å². The summed E-state index contributed by atoms with van der Waals surface area (Å²) in [5.41, 5.74) is 4.95. The number of nitrogens with one attached hydrogen (secondary N) is 1. The molecule has 0 spiro atoms. The fourth-order valence-electron chi connectivity index (χ4n) is 4.73. The van der Waals surface area contributed by atoms with Crippen LogP contribution in [0.5, 0.6) is 5.75 Å². The van der Waals surface area contributed by atoms with E-state index in [4.69, 9.17) is 4.74 Å². The molecule has 0 radical (unpaired) electrons. The number of fused-ring (bicyclic) bond motifs is 3. The summed E-state index contributed by atoms with van der Waals surface area (Å²) < 4.78 is 19.5. The number of aromatic amines is 1. The smallest absolute Gasteiger partial charge is 0.223 e. The number of carbonyl (C=O) groups excluding carboxylic acids is 1. The molecule has 1 unspecified atom stereocenters. The summed E-state index contributed by atoms with van der Waals surface area (Å²) in [6.07, 6.45) is 1.42. The summed E-state index contributed by atoms with van der Waals surface area (Å²) in [5, 5.41) is 1.14. The molecule has 4 nitrogen and oxygen atoms in total. The molecule has 1 amide bonds. The summed E-state index contributed by atoms with van der Waals surface area (Å²) in [5.74, 6) is 0.591. The van der Waals surface area contributed by atoms with Crippen molar-refractivity contribution in [1.82, 2.24) is 9.88 Å². The summed E-state index contributed by atoms with van der Waals surface area (Å²) in [6, 6.07) is 22.6. The van der Waals surface area contributed by atoms with E-state index in [1.807, 2.05) is 41.3 Å². The van der Waals surface area contributed by atoms with Crippen molar-refractivity contribution in [2.45, 2.75) is 25.3 Å². The van der Waals surface area contributed by atoms with E-state index >= 15 is 0 Å². The van der Waals surface area contributed by atoms with Crippen LogP contribution in [0.15, 0.2) is 72.8 Å². The van der Waals surface area contributed by atoms with E-state index in [0.29, 0.717) is 18.5 Å². The Hall–Kier alpha value is -3.60. The Morgan fingerprint density at radius 1 is 1.09 bits per heavy atom. The first-order valence-corrected chi connectivity index (χ1v) is 10.9. The van der Waals surface area contributed by atoms with Gasteiger partial charge in [-0.3, -0.25) is 4.79 Å². The van der Waals surface area contributed by atoms with E-state index in [-0.39, 0.29) is 24.2 Å². The molecule has 0 saturated heterocycles. The Bertz CT molecular complexity index is 1270. The summed E-state index contributed by atoms with van der Waals surface area (Å²) in [6.45, 7) is 0.618. The number of halogens is 1. The second kappa shape index (κ2) is 8.50. The number of hydrogen-bond donors (Lipinski definition) is 1. The second-order valence-corrected chi connectivity index (χ2v) is 8.17. The van der Waals surface area contributed by atoms with Crippen molar-refractivity contribution >= 4 is 16.8 Å². The number of rotatable bonds is 5. The van der Waals surface area contributed by atoms with Gasteiger partial charge < -0.3 is 14.6 Å². The Labute approximate surface area is 186 Å². The third-order valence-corrected chi connectivity index (χ3v) is 6.34. The van der Waals surface area contributed by atoms with Gasteiger partial charge in [0.2, 0.25) is 5.91 Å². The lowest BCUT2D eigenvalue weighted by Gasteiger charge is -2.36. The molecule has 1 aliphatic rings. The van der Waals surface area contributed by atoms with Crippen LogP contribution in [0.25, 0.3) is 10.9 Å². The van der Waals surface area contributed by atoms with Gasteiger partial charge in [-0.25, -0.2) is 4.39 Å². The van der Waals surface area contributed by atoms with Crippen molar-refractivity contribution in [1.29, 1.82) is 0 Å². The maximum atomic E-state index is 14.1. The Kier molecular flexibility index (Phi) is 5.39. The highest BCUT2D eigenvalue weighted by molar-refractivity contribution is 5.88. The minimum atomic E-state index is -0.259. The molecule has 0 fully saturated rings. The minimum absolute atomic E-state index is 0.0315. The molecule has 2 heterocycles. The van der Waals surface area contributed by atoms with Crippen molar-refractivity contribution in [3.8, 4) is 5.75 Å². The molecular formula is C27H25FN2O2. The zero-order chi connectivity index (χ0) is 22.1. The van der Waals surface area contributed by atoms with Gasteiger partial charge in [-0.15, -0.1) is 0 Å². The van der Waals surface area contributed by atoms with E-state index in [0.717, 1.165) is 34.3 Å². The first kappa shape index (κ1) is 20.3. The molecule has 1 aromatic heterocycles. The van der Waals surface area contributed by atoms with Crippen LogP contribution in [0.1, 0.15) is 34.8 Å². The van der Waals surface area contributed by atoms with Gasteiger partial charge >= 0.3 is 0 Å². The fraction of sp³-hybridized carbons (Fsp3) is 0.222. The van der Waals surface area contributed by atoms with Crippen LogP contribution in [-0.4, -0.2) is 29.4 Å². The highest BCUT2D eigenvalue weighted by Gasteiger charge is 2.34. The van der Waals surface area contributed by atoms with Crippen LogP contribution >= 0.6 is 0 Å². The number of aryl methyl sites for hydroxylation is 1. The maximum absolute atomic E-state index is 14.1. The van der Waals surface area contributed by atoms with Crippen LogP contribution < -0.4 is 4.74 Å². The highest BCUT2D eigenvalue weighted by atomic mass is 19.1. The first-order chi connectivity index (χ1) is 15.7. The number of methoxy groups -OCH3 is 1. The number of benzene rings is 3. The summed E-state index contributed by atoms with van der Waals surface area (Å²) in [7, 11) is 1.67. The van der Waals surface area contributed by atoms with Gasteiger partial charge in [0.25, 0.3) is 0 Å². The lowest BCUT2D eigenvalue weighted by Crippen LogP contribution is -2.40. The zero-order valence-corrected chi connectivity index (χ0v) is 18.0. The third kappa shape index (κ3) is 3.64. The van der Waals surface area contributed by atoms with Crippen LogP contribution in [-0.2, 0) is 17.6 Å². The normalized spacial score (nSPS) is 15.6. The number of ether oxygens (including phenoxy) is 1. The minimum Gasteiger partial charge on any atom is -0.497 e. The molecule has 1 N–H and O–H groups in total. The van der Waals surface area contributed by atoms with Gasteiger partial charge in [0, 0.05) is 29.6 Å². The fourth-order valence-corrected chi connectivity index (χ4v) is 4.73. The first-order valence-electron chi connectivity index (χ1n) is 10.9. The summed E-state index contributed by atoms with van der Waals surface area (Å²) >= 11 is 0. The number of carbonyl (C=O) groups is 1. The number of nitrogens with zero attached hydrogens (tertiary/aromatic N) is 1. The summed E-state index contributed by atoms with van der Waals surface area (Å²) in [4.78, 5) is 18.9. The lowest BCUT2D eigenvalue weighted by molar-refractivity contribution is -0.133. The van der Waals surface area contributed by atoms with Gasteiger partial charge in [0.15, 0.2) is 0 Å². The van der Waals surface area contributed by atoms with E-state index in [2.05, 4.69) is 23.2 Å². The number of H-pyrrole nitrogens is 1. The average molecular weight is 429 g/mol. The molecule has 3 aromatic carbocycles. The monoisotopic (exact) mass is 428 g/mol. The SMILES string of the molecule is COc1ccc2[nH]c3c(c2c1)CCN(C(=O)CCc1ccccc1F)C3c1ccccc1. The molecule has 5 heteroatoms. The maximum Gasteiger partial charge on any atom is 0.223 e. The van der Waals surface area contributed by atoms with Crippen molar-refractivity contribution in [2.75, 3.05) is 13.7 Å².